The predicted molar refractivity (Wildman–Crippen MR) is 69.6 cm³/mol. The Kier molecular flexibility index (Phi) is 4.25. The number of benzene rings is 1. The van der Waals surface area contributed by atoms with E-state index in [1.54, 1.807) is 6.92 Å². The average molecular weight is 263 g/mol. The number of hydrogen-bond donors (Lipinski definition) is 1. The van der Waals surface area contributed by atoms with Crippen LogP contribution in [0.15, 0.2) is 30.3 Å². The number of ether oxygens (including phenoxy) is 1. The molecule has 2 rings (SSSR count). The highest BCUT2D eigenvalue weighted by molar-refractivity contribution is 7.10. The van der Waals surface area contributed by atoms with Crippen LogP contribution in [-0.4, -0.2) is 22.2 Å². The van der Waals surface area contributed by atoms with Gasteiger partial charge in [0.25, 0.3) is 0 Å². The number of aromatic nitrogens is 2. The fourth-order valence-corrected chi connectivity index (χ4v) is 1.97. The molecule has 0 aliphatic heterocycles. The highest BCUT2D eigenvalue weighted by atomic mass is 32.1. The summed E-state index contributed by atoms with van der Waals surface area (Å²) in [6, 6.07) is 9.90. The van der Waals surface area contributed by atoms with Crippen LogP contribution in [0, 0.1) is 0 Å². The minimum Gasteiger partial charge on any atom is -0.461 e. The van der Waals surface area contributed by atoms with Gasteiger partial charge < -0.3 is 10.1 Å². The minimum absolute atomic E-state index is 0.248. The summed E-state index contributed by atoms with van der Waals surface area (Å²) >= 11 is 1.15. The molecule has 0 fully saturated rings. The summed E-state index contributed by atoms with van der Waals surface area (Å²) in [6.45, 7) is 2.71. The van der Waals surface area contributed by atoms with Gasteiger partial charge in [0.05, 0.1) is 6.61 Å². The zero-order valence-electron chi connectivity index (χ0n) is 9.92. The fraction of sp³-hybridized carbons (Fsp3) is 0.250. The van der Waals surface area contributed by atoms with Crippen molar-refractivity contribution in [2.75, 3.05) is 11.9 Å². The summed E-state index contributed by atoms with van der Waals surface area (Å²) in [5.74, 6) is -0.443. The van der Waals surface area contributed by atoms with Gasteiger partial charge in [-0.25, -0.2) is 4.79 Å². The highest BCUT2D eigenvalue weighted by Crippen LogP contribution is 2.19. The van der Waals surface area contributed by atoms with Crippen molar-refractivity contribution in [2.24, 2.45) is 0 Å². The monoisotopic (exact) mass is 263 g/mol. The number of anilines is 1. The van der Waals surface area contributed by atoms with Crippen LogP contribution < -0.4 is 5.32 Å². The molecule has 1 heterocycles. The maximum absolute atomic E-state index is 11.6. The van der Waals surface area contributed by atoms with E-state index in [0.717, 1.165) is 17.1 Å². The Hall–Kier alpha value is -1.95. The number of hydrogen-bond acceptors (Lipinski definition) is 6. The first-order valence-corrected chi connectivity index (χ1v) is 6.36. The van der Waals surface area contributed by atoms with Gasteiger partial charge in [-0.2, -0.15) is 0 Å². The molecule has 0 saturated heterocycles. The predicted octanol–water partition coefficient (Wildman–Crippen LogP) is 2.33. The minimum atomic E-state index is -0.443. The maximum atomic E-state index is 11.6. The first-order valence-electron chi connectivity index (χ1n) is 5.58. The van der Waals surface area contributed by atoms with Gasteiger partial charge in [-0.1, -0.05) is 34.8 Å². The lowest BCUT2D eigenvalue weighted by Gasteiger charge is -2.04. The molecule has 0 atom stereocenters. The van der Waals surface area contributed by atoms with Crippen LogP contribution >= 0.6 is 11.5 Å². The average Bonchev–Trinajstić information content (AvgIpc) is 2.86. The third-order valence-corrected chi connectivity index (χ3v) is 2.94. The van der Waals surface area contributed by atoms with E-state index < -0.39 is 5.97 Å². The van der Waals surface area contributed by atoms with E-state index in [9.17, 15) is 4.79 Å². The lowest BCUT2D eigenvalue weighted by atomic mass is 10.2. The van der Waals surface area contributed by atoms with Crippen LogP contribution in [0.5, 0.6) is 0 Å². The second-order valence-electron chi connectivity index (χ2n) is 3.51. The van der Waals surface area contributed by atoms with E-state index in [1.165, 1.54) is 0 Å². The van der Waals surface area contributed by atoms with Crippen molar-refractivity contribution in [1.82, 2.24) is 9.59 Å². The third-order valence-electron chi connectivity index (χ3n) is 2.25. The van der Waals surface area contributed by atoms with Crippen molar-refractivity contribution in [3.63, 3.8) is 0 Å². The van der Waals surface area contributed by atoms with Crippen LogP contribution in [0.1, 0.15) is 23.0 Å². The van der Waals surface area contributed by atoms with Crippen LogP contribution in [0.4, 0.5) is 5.00 Å². The molecule has 6 heteroatoms. The van der Waals surface area contributed by atoms with E-state index in [4.69, 9.17) is 4.74 Å². The lowest BCUT2D eigenvalue weighted by molar-refractivity contribution is 0.0520. The summed E-state index contributed by atoms with van der Waals surface area (Å²) in [4.78, 5) is 11.6. The van der Waals surface area contributed by atoms with Gasteiger partial charge in [0.15, 0.2) is 0 Å². The molecular weight excluding hydrogens is 250 g/mol. The summed E-state index contributed by atoms with van der Waals surface area (Å²) in [7, 11) is 0. The molecule has 0 aliphatic rings. The van der Waals surface area contributed by atoms with Gasteiger partial charge in [0, 0.05) is 18.1 Å². The topological polar surface area (TPSA) is 64.1 Å². The zero-order chi connectivity index (χ0) is 12.8. The number of rotatable bonds is 5. The Morgan fingerprint density at radius 1 is 1.39 bits per heavy atom. The van der Waals surface area contributed by atoms with Crippen molar-refractivity contribution >= 4 is 22.5 Å². The molecule has 0 spiro atoms. The standard InChI is InChI=1S/C12H13N3O2S/c1-2-17-12(16)10-11(18-15-14-10)13-8-9-6-4-3-5-7-9/h3-7,13H,2,8H2,1H3. The zero-order valence-corrected chi connectivity index (χ0v) is 10.7. The van der Waals surface area contributed by atoms with Gasteiger partial charge in [0.2, 0.25) is 5.69 Å². The SMILES string of the molecule is CCOC(=O)c1nnsc1NCc1ccccc1. The van der Waals surface area contributed by atoms with Crippen LogP contribution in [0.2, 0.25) is 0 Å². The fourth-order valence-electron chi connectivity index (χ4n) is 1.42. The van der Waals surface area contributed by atoms with Crippen molar-refractivity contribution in [1.29, 1.82) is 0 Å². The van der Waals surface area contributed by atoms with E-state index in [-0.39, 0.29) is 5.69 Å². The number of nitrogens with zero attached hydrogens (tertiary/aromatic N) is 2. The molecule has 2 aromatic rings. The van der Waals surface area contributed by atoms with E-state index >= 15 is 0 Å². The van der Waals surface area contributed by atoms with Gasteiger partial charge in [0.1, 0.15) is 5.00 Å². The molecule has 5 nitrogen and oxygen atoms in total. The summed E-state index contributed by atoms with van der Waals surface area (Å²) in [5, 5.41) is 7.56. The number of carbonyl (C=O) groups excluding carboxylic acids is 1. The van der Waals surface area contributed by atoms with Crippen LogP contribution in [0.3, 0.4) is 0 Å². The molecule has 0 bridgehead atoms. The van der Waals surface area contributed by atoms with Crippen molar-refractivity contribution in [3.8, 4) is 0 Å². The molecule has 0 aliphatic carbocycles. The van der Waals surface area contributed by atoms with E-state index in [1.807, 2.05) is 30.3 Å². The smallest absolute Gasteiger partial charge is 0.362 e. The Morgan fingerprint density at radius 3 is 2.89 bits per heavy atom. The van der Waals surface area contributed by atoms with Gasteiger partial charge in [-0.05, 0) is 12.5 Å². The largest absolute Gasteiger partial charge is 0.461 e. The first-order chi connectivity index (χ1) is 8.81. The quantitative estimate of drug-likeness (QED) is 0.839. The molecule has 1 aromatic heterocycles. The Morgan fingerprint density at radius 2 is 2.17 bits per heavy atom. The van der Waals surface area contributed by atoms with Gasteiger partial charge in [-0.3, -0.25) is 0 Å². The second kappa shape index (κ2) is 6.11. The summed E-state index contributed by atoms with van der Waals surface area (Å²) in [5.41, 5.74) is 1.37. The lowest BCUT2D eigenvalue weighted by Crippen LogP contribution is -2.09. The van der Waals surface area contributed by atoms with Gasteiger partial charge in [-0.15, -0.1) is 5.10 Å². The van der Waals surface area contributed by atoms with Crippen molar-refractivity contribution in [2.45, 2.75) is 13.5 Å². The molecular formula is C12H13N3O2S. The molecule has 1 N–H and O–H groups in total. The van der Waals surface area contributed by atoms with Crippen molar-refractivity contribution < 1.29 is 9.53 Å². The van der Waals surface area contributed by atoms with Crippen LogP contribution in [-0.2, 0) is 11.3 Å². The molecule has 0 unspecified atom stereocenters. The summed E-state index contributed by atoms with van der Waals surface area (Å²) < 4.78 is 8.67. The number of nitrogens with one attached hydrogen (secondary N) is 1. The third kappa shape index (κ3) is 3.04. The van der Waals surface area contributed by atoms with E-state index in [2.05, 4.69) is 14.9 Å². The van der Waals surface area contributed by atoms with E-state index in [0.29, 0.717) is 18.2 Å². The molecule has 1 aromatic carbocycles. The summed E-state index contributed by atoms with van der Waals surface area (Å²) in [6.07, 6.45) is 0. The molecule has 0 radical (unpaired) electrons. The number of esters is 1. The molecule has 18 heavy (non-hydrogen) atoms. The Bertz CT molecular complexity index is 513. The van der Waals surface area contributed by atoms with Crippen molar-refractivity contribution in [3.05, 3.63) is 41.6 Å². The Labute approximate surface area is 109 Å². The highest BCUT2D eigenvalue weighted by Gasteiger charge is 2.17. The van der Waals surface area contributed by atoms with Crippen LogP contribution in [0.25, 0.3) is 0 Å². The Balaban J connectivity index is 2.02. The first kappa shape index (κ1) is 12.5. The molecule has 94 valence electrons. The maximum Gasteiger partial charge on any atom is 0.362 e. The van der Waals surface area contributed by atoms with Gasteiger partial charge >= 0.3 is 5.97 Å². The normalized spacial score (nSPS) is 10.1. The molecule has 0 saturated carbocycles. The number of carbonyl (C=O) groups is 1. The molecule has 0 amide bonds. The second-order valence-corrected chi connectivity index (χ2v) is 4.26.